The highest BCUT2D eigenvalue weighted by atomic mass is 16.5. The van der Waals surface area contributed by atoms with Gasteiger partial charge in [-0.15, -0.1) is 0 Å². The van der Waals surface area contributed by atoms with Crippen molar-refractivity contribution in [3.05, 3.63) is 0 Å². The normalized spacial score (nSPS) is 30.1. The molecule has 1 rings (SSSR count). The molecule has 0 aromatic heterocycles. The Hall–Kier alpha value is -0.650. The molecule has 0 aromatic carbocycles. The van der Waals surface area contributed by atoms with Crippen LogP contribution in [0.5, 0.6) is 0 Å². The van der Waals surface area contributed by atoms with E-state index in [9.17, 15) is 4.79 Å². The predicted octanol–water partition coefficient (Wildman–Crippen LogP) is -1.40. The highest BCUT2D eigenvalue weighted by Crippen LogP contribution is 2.15. The highest BCUT2D eigenvalue weighted by Gasteiger charge is 2.38. The van der Waals surface area contributed by atoms with Gasteiger partial charge in [0.15, 0.2) is 0 Å². The third-order valence-corrected chi connectivity index (χ3v) is 2.16. The molecule has 2 atom stereocenters. The van der Waals surface area contributed by atoms with Gasteiger partial charge in [-0.25, -0.2) is 0 Å². The molecule has 13 heavy (non-hydrogen) atoms. The Morgan fingerprint density at radius 3 is 3.00 bits per heavy atom. The fourth-order valence-electron chi connectivity index (χ4n) is 1.17. The van der Waals surface area contributed by atoms with Gasteiger partial charge in [0.2, 0.25) is 5.91 Å². The number of hydrogen-bond acceptors (Lipinski definition) is 4. The fraction of sp³-hybridized carbons (Fsp3) is 0.875. The van der Waals surface area contributed by atoms with Crippen molar-refractivity contribution in [2.24, 2.45) is 5.73 Å². The first-order valence-electron chi connectivity index (χ1n) is 4.37. The van der Waals surface area contributed by atoms with E-state index in [-0.39, 0.29) is 25.2 Å². The third kappa shape index (κ3) is 2.40. The lowest BCUT2D eigenvalue weighted by molar-refractivity contribution is -0.127. The Labute approximate surface area is 77.2 Å². The quantitative estimate of drug-likeness (QED) is 0.508. The summed E-state index contributed by atoms with van der Waals surface area (Å²) in [7, 11) is 0. The monoisotopic (exact) mass is 188 g/mol. The molecule has 1 heterocycles. The first kappa shape index (κ1) is 10.4. The van der Waals surface area contributed by atoms with Crippen molar-refractivity contribution in [3.8, 4) is 0 Å². The molecule has 2 unspecified atom stereocenters. The third-order valence-electron chi connectivity index (χ3n) is 2.16. The zero-order valence-electron chi connectivity index (χ0n) is 7.75. The first-order chi connectivity index (χ1) is 6.08. The Morgan fingerprint density at radius 1 is 1.85 bits per heavy atom. The summed E-state index contributed by atoms with van der Waals surface area (Å²) in [5, 5.41) is 11.3. The average Bonchev–Trinajstić information content (AvgIpc) is 2.53. The van der Waals surface area contributed by atoms with Gasteiger partial charge < -0.3 is 20.9 Å². The SMILES string of the molecule is CC(CO)NC(=O)C1(N)CCOC1. The number of aliphatic hydroxyl groups excluding tert-OH is 1. The van der Waals surface area contributed by atoms with E-state index in [4.69, 9.17) is 15.6 Å². The maximum atomic E-state index is 11.5. The maximum Gasteiger partial charge on any atom is 0.242 e. The minimum atomic E-state index is -0.899. The molecular formula is C8H16N2O3. The molecule has 0 saturated carbocycles. The molecule has 0 spiro atoms. The lowest BCUT2D eigenvalue weighted by Crippen LogP contribution is -2.56. The van der Waals surface area contributed by atoms with E-state index in [2.05, 4.69) is 5.32 Å². The predicted molar refractivity (Wildman–Crippen MR) is 47.0 cm³/mol. The lowest BCUT2D eigenvalue weighted by atomic mass is 9.99. The second-order valence-electron chi connectivity index (χ2n) is 3.52. The van der Waals surface area contributed by atoms with Gasteiger partial charge in [0.05, 0.1) is 13.2 Å². The second kappa shape index (κ2) is 4.04. The summed E-state index contributed by atoms with van der Waals surface area (Å²) in [5.41, 5.74) is 4.89. The summed E-state index contributed by atoms with van der Waals surface area (Å²) in [5.74, 6) is -0.244. The fourth-order valence-corrected chi connectivity index (χ4v) is 1.17. The van der Waals surface area contributed by atoms with Crippen LogP contribution in [0.1, 0.15) is 13.3 Å². The Balaban J connectivity index is 2.46. The number of amides is 1. The molecule has 1 fully saturated rings. The molecular weight excluding hydrogens is 172 g/mol. The van der Waals surface area contributed by atoms with Crippen LogP contribution in [0.2, 0.25) is 0 Å². The summed E-state index contributed by atoms with van der Waals surface area (Å²) in [6.07, 6.45) is 0.539. The van der Waals surface area contributed by atoms with E-state index in [0.717, 1.165) is 0 Å². The van der Waals surface area contributed by atoms with Crippen molar-refractivity contribution in [2.75, 3.05) is 19.8 Å². The number of aliphatic hydroxyl groups is 1. The molecule has 1 saturated heterocycles. The van der Waals surface area contributed by atoms with Crippen LogP contribution in [-0.2, 0) is 9.53 Å². The van der Waals surface area contributed by atoms with E-state index in [1.807, 2.05) is 0 Å². The summed E-state index contributed by atoms with van der Waals surface area (Å²) in [6, 6.07) is -0.256. The topological polar surface area (TPSA) is 84.6 Å². The van der Waals surface area contributed by atoms with Gasteiger partial charge >= 0.3 is 0 Å². The summed E-state index contributed by atoms with van der Waals surface area (Å²) in [4.78, 5) is 11.5. The van der Waals surface area contributed by atoms with Gasteiger partial charge in [-0.3, -0.25) is 4.79 Å². The highest BCUT2D eigenvalue weighted by molar-refractivity contribution is 5.86. The minimum absolute atomic E-state index is 0.0807. The smallest absolute Gasteiger partial charge is 0.242 e. The molecule has 5 nitrogen and oxygen atoms in total. The van der Waals surface area contributed by atoms with Crippen molar-refractivity contribution in [3.63, 3.8) is 0 Å². The van der Waals surface area contributed by atoms with Crippen molar-refractivity contribution >= 4 is 5.91 Å². The molecule has 0 bridgehead atoms. The summed E-state index contributed by atoms with van der Waals surface area (Å²) < 4.78 is 5.05. The lowest BCUT2D eigenvalue weighted by Gasteiger charge is -2.22. The zero-order chi connectivity index (χ0) is 9.90. The Morgan fingerprint density at radius 2 is 2.54 bits per heavy atom. The first-order valence-corrected chi connectivity index (χ1v) is 4.37. The van der Waals surface area contributed by atoms with E-state index in [1.54, 1.807) is 6.92 Å². The maximum absolute atomic E-state index is 11.5. The number of nitrogens with two attached hydrogens (primary N) is 1. The van der Waals surface area contributed by atoms with E-state index in [1.165, 1.54) is 0 Å². The molecule has 1 aliphatic heterocycles. The molecule has 0 radical (unpaired) electrons. The van der Waals surface area contributed by atoms with Gasteiger partial charge in [-0.2, -0.15) is 0 Å². The summed E-state index contributed by atoms with van der Waals surface area (Å²) >= 11 is 0. The van der Waals surface area contributed by atoms with E-state index in [0.29, 0.717) is 13.0 Å². The molecule has 1 aliphatic rings. The largest absolute Gasteiger partial charge is 0.394 e. The van der Waals surface area contributed by atoms with Gasteiger partial charge in [0, 0.05) is 12.6 Å². The van der Waals surface area contributed by atoms with Crippen molar-refractivity contribution in [1.82, 2.24) is 5.32 Å². The number of hydrogen-bond donors (Lipinski definition) is 3. The molecule has 1 amide bonds. The van der Waals surface area contributed by atoms with Gasteiger partial charge in [-0.1, -0.05) is 0 Å². The molecule has 4 N–H and O–H groups in total. The molecule has 76 valence electrons. The van der Waals surface area contributed by atoms with Crippen LogP contribution >= 0.6 is 0 Å². The van der Waals surface area contributed by atoms with Gasteiger partial charge in [0.25, 0.3) is 0 Å². The van der Waals surface area contributed by atoms with Crippen LogP contribution in [0.15, 0.2) is 0 Å². The van der Waals surface area contributed by atoms with E-state index < -0.39 is 5.54 Å². The number of carbonyl (C=O) groups excluding carboxylic acids is 1. The summed E-state index contributed by atoms with van der Waals surface area (Å²) in [6.45, 7) is 2.42. The number of rotatable bonds is 3. The van der Waals surface area contributed by atoms with Crippen LogP contribution in [0.25, 0.3) is 0 Å². The Bertz CT molecular complexity index is 190. The molecule has 0 aliphatic carbocycles. The van der Waals surface area contributed by atoms with Crippen molar-refractivity contribution < 1.29 is 14.6 Å². The van der Waals surface area contributed by atoms with Crippen molar-refractivity contribution in [2.45, 2.75) is 24.9 Å². The van der Waals surface area contributed by atoms with E-state index >= 15 is 0 Å². The standard InChI is InChI=1S/C8H16N2O3/c1-6(4-11)10-7(12)8(9)2-3-13-5-8/h6,11H,2-5,9H2,1H3,(H,10,12). The molecule has 0 aromatic rings. The Kier molecular flexibility index (Phi) is 3.24. The molecule has 5 heteroatoms. The van der Waals surface area contributed by atoms with Crippen LogP contribution in [-0.4, -0.2) is 42.4 Å². The van der Waals surface area contributed by atoms with Crippen molar-refractivity contribution in [1.29, 1.82) is 0 Å². The number of ether oxygens (including phenoxy) is 1. The zero-order valence-corrected chi connectivity index (χ0v) is 7.75. The van der Waals surface area contributed by atoms with Crippen LogP contribution in [0.3, 0.4) is 0 Å². The second-order valence-corrected chi connectivity index (χ2v) is 3.52. The minimum Gasteiger partial charge on any atom is -0.394 e. The number of nitrogens with one attached hydrogen (secondary N) is 1. The van der Waals surface area contributed by atoms with Crippen LogP contribution in [0, 0.1) is 0 Å². The van der Waals surface area contributed by atoms with Crippen LogP contribution in [0.4, 0.5) is 0 Å². The number of carbonyl (C=O) groups is 1. The van der Waals surface area contributed by atoms with Gasteiger partial charge in [0.1, 0.15) is 5.54 Å². The van der Waals surface area contributed by atoms with Crippen LogP contribution < -0.4 is 11.1 Å². The average molecular weight is 188 g/mol. The van der Waals surface area contributed by atoms with Gasteiger partial charge in [-0.05, 0) is 13.3 Å².